The van der Waals surface area contributed by atoms with Crippen LogP contribution in [0.1, 0.15) is 5.69 Å². The van der Waals surface area contributed by atoms with Gasteiger partial charge in [-0.3, -0.25) is 14.6 Å². The molecule has 3 rings (SSSR count). The number of carbonyl (C=O) groups excluding carboxylic acids is 2. The van der Waals surface area contributed by atoms with Crippen molar-refractivity contribution in [3.05, 3.63) is 59.7 Å². The summed E-state index contributed by atoms with van der Waals surface area (Å²) in [6.45, 7) is -3.60. The standard InChI is InChI=1S/C19H15F2N3O4S/c20-19(21)28-15-7-2-1-5-13(15)24-16(25)10-27-17(26)9-12-11-29-18(23-12)14-6-3-4-8-22-14/h1-8,11,19H,9-10H2,(H,24,25). The SMILES string of the molecule is O=C(COC(=O)Cc1csc(-c2ccccn2)n1)Nc1ccccc1OC(F)F. The number of ether oxygens (including phenoxy) is 2. The molecule has 3 aromatic rings. The third-order valence-corrected chi connectivity index (χ3v) is 4.42. The molecule has 0 atom stereocenters. The Morgan fingerprint density at radius 2 is 1.93 bits per heavy atom. The molecule has 0 saturated carbocycles. The smallest absolute Gasteiger partial charge is 0.387 e. The summed E-state index contributed by atoms with van der Waals surface area (Å²) in [5.74, 6) is -1.52. The second-order valence-electron chi connectivity index (χ2n) is 5.62. The van der Waals surface area contributed by atoms with E-state index in [4.69, 9.17) is 4.74 Å². The van der Waals surface area contributed by atoms with Gasteiger partial charge in [0.25, 0.3) is 5.91 Å². The molecule has 29 heavy (non-hydrogen) atoms. The first-order chi connectivity index (χ1) is 14.0. The summed E-state index contributed by atoms with van der Waals surface area (Å²) in [5.41, 5.74) is 1.24. The Morgan fingerprint density at radius 3 is 2.69 bits per heavy atom. The van der Waals surface area contributed by atoms with E-state index in [1.807, 2.05) is 6.07 Å². The topological polar surface area (TPSA) is 90.4 Å². The lowest BCUT2D eigenvalue weighted by Gasteiger charge is -2.11. The number of esters is 1. The van der Waals surface area contributed by atoms with Crippen LogP contribution in [0.4, 0.5) is 14.5 Å². The van der Waals surface area contributed by atoms with E-state index in [1.165, 1.54) is 29.5 Å². The van der Waals surface area contributed by atoms with Crippen LogP contribution in [-0.2, 0) is 20.7 Å². The second-order valence-corrected chi connectivity index (χ2v) is 6.48. The quantitative estimate of drug-likeness (QED) is 0.562. The highest BCUT2D eigenvalue weighted by atomic mass is 32.1. The molecule has 0 aliphatic heterocycles. The number of hydrogen-bond acceptors (Lipinski definition) is 7. The zero-order valence-corrected chi connectivity index (χ0v) is 15.7. The van der Waals surface area contributed by atoms with Gasteiger partial charge in [0.15, 0.2) is 6.61 Å². The van der Waals surface area contributed by atoms with Gasteiger partial charge in [-0.2, -0.15) is 8.78 Å². The molecule has 0 unspecified atom stereocenters. The van der Waals surface area contributed by atoms with Gasteiger partial charge in [-0.05, 0) is 24.3 Å². The van der Waals surface area contributed by atoms with Crippen molar-refractivity contribution in [2.24, 2.45) is 0 Å². The highest BCUT2D eigenvalue weighted by Gasteiger charge is 2.15. The van der Waals surface area contributed by atoms with Gasteiger partial charge in [-0.1, -0.05) is 18.2 Å². The number of thiazole rings is 1. The van der Waals surface area contributed by atoms with Gasteiger partial charge in [0.1, 0.15) is 10.8 Å². The number of alkyl halides is 2. The van der Waals surface area contributed by atoms with Gasteiger partial charge in [0.2, 0.25) is 0 Å². The zero-order chi connectivity index (χ0) is 20.6. The van der Waals surface area contributed by atoms with Crippen molar-refractivity contribution in [3.8, 4) is 16.5 Å². The average Bonchev–Trinajstić information content (AvgIpc) is 3.17. The van der Waals surface area contributed by atoms with E-state index in [9.17, 15) is 18.4 Å². The van der Waals surface area contributed by atoms with Crippen molar-refractivity contribution in [3.63, 3.8) is 0 Å². The van der Waals surface area contributed by atoms with Crippen LogP contribution in [0.25, 0.3) is 10.7 Å². The largest absolute Gasteiger partial charge is 0.455 e. The summed E-state index contributed by atoms with van der Waals surface area (Å²) in [5, 5.41) is 4.74. The number of amides is 1. The van der Waals surface area contributed by atoms with Crippen molar-refractivity contribution in [2.75, 3.05) is 11.9 Å². The number of aromatic nitrogens is 2. The van der Waals surface area contributed by atoms with Crippen LogP contribution < -0.4 is 10.1 Å². The minimum atomic E-state index is -3.03. The first-order valence-corrected chi connectivity index (χ1v) is 9.24. The molecule has 10 heteroatoms. The van der Waals surface area contributed by atoms with Crippen molar-refractivity contribution in [1.29, 1.82) is 0 Å². The molecular weight excluding hydrogens is 404 g/mol. The predicted molar refractivity (Wildman–Crippen MR) is 102 cm³/mol. The monoisotopic (exact) mass is 419 g/mol. The lowest BCUT2D eigenvalue weighted by atomic mass is 10.3. The Hall–Kier alpha value is -3.40. The molecule has 150 valence electrons. The predicted octanol–water partition coefficient (Wildman–Crippen LogP) is 3.53. The summed E-state index contributed by atoms with van der Waals surface area (Å²) >= 11 is 1.34. The third-order valence-electron chi connectivity index (χ3n) is 3.50. The van der Waals surface area contributed by atoms with Crippen LogP contribution in [0, 0.1) is 0 Å². The minimum absolute atomic E-state index is 0.0494. The highest BCUT2D eigenvalue weighted by molar-refractivity contribution is 7.13. The molecule has 2 heterocycles. The number of nitrogens with zero attached hydrogens (tertiary/aromatic N) is 2. The maximum Gasteiger partial charge on any atom is 0.387 e. The third kappa shape index (κ3) is 6.04. The van der Waals surface area contributed by atoms with Gasteiger partial charge in [-0.15, -0.1) is 11.3 Å². The molecule has 1 N–H and O–H groups in total. The molecule has 0 radical (unpaired) electrons. The molecular formula is C19H15F2N3O4S. The van der Waals surface area contributed by atoms with Crippen molar-refractivity contribution in [1.82, 2.24) is 9.97 Å². The van der Waals surface area contributed by atoms with Gasteiger partial charge in [0, 0.05) is 11.6 Å². The lowest BCUT2D eigenvalue weighted by Crippen LogP contribution is -2.22. The van der Waals surface area contributed by atoms with Crippen LogP contribution in [-0.4, -0.2) is 35.1 Å². The maximum absolute atomic E-state index is 12.4. The number of nitrogens with one attached hydrogen (secondary N) is 1. The van der Waals surface area contributed by atoms with Crippen molar-refractivity contribution in [2.45, 2.75) is 13.0 Å². The molecule has 2 aromatic heterocycles. The van der Waals surface area contributed by atoms with Crippen LogP contribution in [0.2, 0.25) is 0 Å². The zero-order valence-electron chi connectivity index (χ0n) is 14.9. The van der Waals surface area contributed by atoms with Crippen molar-refractivity contribution < 1.29 is 27.8 Å². The number of halogens is 2. The van der Waals surface area contributed by atoms with Crippen LogP contribution in [0.5, 0.6) is 5.75 Å². The number of pyridine rings is 1. The lowest BCUT2D eigenvalue weighted by molar-refractivity contribution is -0.146. The van der Waals surface area contributed by atoms with E-state index in [0.717, 1.165) is 0 Å². The fourth-order valence-corrected chi connectivity index (χ4v) is 3.09. The van der Waals surface area contributed by atoms with E-state index in [0.29, 0.717) is 16.4 Å². The average molecular weight is 419 g/mol. The van der Waals surface area contributed by atoms with E-state index in [1.54, 1.807) is 29.8 Å². The number of carbonyl (C=O) groups is 2. The molecule has 0 fully saturated rings. The van der Waals surface area contributed by atoms with E-state index >= 15 is 0 Å². The summed E-state index contributed by atoms with van der Waals surface area (Å²) in [7, 11) is 0. The summed E-state index contributed by atoms with van der Waals surface area (Å²) in [6.07, 6.45) is 1.54. The fourth-order valence-electron chi connectivity index (χ4n) is 2.29. The number of hydrogen-bond donors (Lipinski definition) is 1. The number of para-hydroxylation sites is 2. The summed E-state index contributed by atoms with van der Waals surface area (Å²) < 4.78 is 34.0. The van der Waals surface area contributed by atoms with Gasteiger partial charge < -0.3 is 14.8 Å². The Kier molecular flexibility index (Phi) is 6.80. The normalized spacial score (nSPS) is 10.6. The summed E-state index contributed by atoms with van der Waals surface area (Å²) in [4.78, 5) is 32.4. The number of rotatable bonds is 8. The van der Waals surface area contributed by atoms with E-state index in [-0.39, 0.29) is 17.9 Å². The van der Waals surface area contributed by atoms with Crippen LogP contribution in [0.15, 0.2) is 54.0 Å². The molecule has 0 bridgehead atoms. The maximum atomic E-state index is 12.4. The number of anilines is 1. The molecule has 0 spiro atoms. The molecule has 7 nitrogen and oxygen atoms in total. The first kappa shape index (κ1) is 20.3. The minimum Gasteiger partial charge on any atom is -0.455 e. The highest BCUT2D eigenvalue weighted by Crippen LogP contribution is 2.25. The van der Waals surface area contributed by atoms with Gasteiger partial charge in [-0.25, -0.2) is 4.98 Å². The van der Waals surface area contributed by atoms with E-state index in [2.05, 4.69) is 20.0 Å². The molecule has 0 aliphatic carbocycles. The second kappa shape index (κ2) is 9.69. The molecule has 1 amide bonds. The van der Waals surface area contributed by atoms with E-state index < -0.39 is 25.1 Å². The van der Waals surface area contributed by atoms with Gasteiger partial charge >= 0.3 is 12.6 Å². The van der Waals surface area contributed by atoms with Crippen molar-refractivity contribution >= 4 is 28.9 Å². The number of benzene rings is 1. The van der Waals surface area contributed by atoms with Crippen LogP contribution in [0.3, 0.4) is 0 Å². The molecule has 1 aromatic carbocycles. The molecule has 0 aliphatic rings. The summed E-state index contributed by atoms with van der Waals surface area (Å²) in [6, 6.07) is 11.1. The molecule has 0 saturated heterocycles. The fraction of sp³-hybridized carbons (Fsp3) is 0.158. The Labute approximate surface area is 168 Å². The first-order valence-electron chi connectivity index (χ1n) is 8.36. The Morgan fingerprint density at radius 1 is 1.14 bits per heavy atom. The Balaban J connectivity index is 1.50. The van der Waals surface area contributed by atoms with Gasteiger partial charge in [0.05, 0.1) is 23.5 Å². The Bertz CT molecular complexity index is 982. The van der Waals surface area contributed by atoms with Crippen LogP contribution >= 0.6 is 11.3 Å².